The third-order valence-electron chi connectivity index (χ3n) is 2.62. The first kappa shape index (κ1) is 9.36. The lowest BCUT2D eigenvalue weighted by Gasteiger charge is -2.37. The minimum absolute atomic E-state index is 0.304. The van der Waals surface area contributed by atoms with Gasteiger partial charge in [-0.1, -0.05) is 13.8 Å². The summed E-state index contributed by atoms with van der Waals surface area (Å²) < 4.78 is 4.50. The monoisotopic (exact) mass is 171 g/mol. The van der Waals surface area contributed by atoms with Gasteiger partial charge in [0.05, 0.1) is 7.11 Å². The smallest absolute Gasteiger partial charge is 0.407 e. The molecule has 0 aliphatic heterocycles. The van der Waals surface area contributed by atoms with E-state index in [2.05, 4.69) is 23.9 Å². The molecule has 1 saturated carbocycles. The Balaban J connectivity index is 2.13. The zero-order chi connectivity index (χ0) is 9.14. The summed E-state index contributed by atoms with van der Waals surface area (Å²) in [5.41, 5.74) is 0. The summed E-state index contributed by atoms with van der Waals surface area (Å²) in [7, 11) is 1.40. The summed E-state index contributed by atoms with van der Waals surface area (Å²) in [5, 5.41) is 2.79. The number of carbonyl (C=O) groups excluding carboxylic acids is 1. The van der Waals surface area contributed by atoms with Gasteiger partial charge in [0.25, 0.3) is 0 Å². The van der Waals surface area contributed by atoms with Crippen LogP contribution in [0, 0.1) is 11.8 Å². The maximum absolute atomic E-state index is 10.8. The van der Waals surface area contributed by atoms with Crippen LogP contribution in [0.5, 0.6) is 0 Å². The van der Waals surface area contributed by atoms with Gasteiger partial charge in [-0.15, -0.1) is 0 Å². The van der Waals surface area contributed by atoms with Gasteiger partial charge in [0, 0.05) is 6.04 Å². The van der Waals surface area contributed by atoms with Gasteiger partial charge >= 0.3 is 6.09 Å². The van der Waals surface area contributed by atoms with Crippen molar-refractivity contribution in [3.63, 3.8) is 0 Å². The molecule has 0 saturated heterocycles. The molecule has 0 bridgehead atoms. The number of hydrogen-bond acceptors (Lipinski definition) is 2. The van der Waals surface area contributed by atoms with Gasteiger partial charge in [-0.25, -0.2) is 4.79 Å². The van der Waals surface area contributed by atoms with Crippen LogP contribution in [-0.4, -0.2) is 19.2 Å². The van der Waals surface area contributed by atoms with Crippen molar-refractivity contribution in [3.05, 3.63) is 0 Å². The van der Waals surface area contributed by atoms with Crippen molar-refractivity contribution in [2.75, 3.05) is 7.11 Å². The highest BCUT2D eigenvalue weighted by atomic mass is 16.5. The van der Waals surface area contributed by atoms with E-state index in [9.17, 15) is 4.79 Å². The molecule has 1 rings (SSSR count). The van der Waals surface area contributed by atoms with Crippen molar-refractivity contribution in [1.29, 1.82) is 0 Å². The minimum atomic E-state index is -0.304. The number of carbonyl (C=O) groups is 1. The lowest BCUT2D eigenvalue weighted by molar-refractivity contribution is 0.133. The normalized spacial score (nSPS) is 28.0. The Kier molecular flexibility index (Phi) is 2.95. The topological polar surface area (TPSA) is 38.3 Å². The molecule has 0 unspecified atom stereocenters. The average molecular weight is 171 g/mol. The van der Waals surface area contributed by atoms with Crippen molar-refractivity contribution in [1.82, 2.24) is 5.32 Å². The predicted octanol–water partition coefficient (Wildman–Crippen LogP) is 1.78. The molecule has 70 valence electrons. The molecule has 12 heavy (non-hydrogen) atoms. The molecule has 0 aromatic carbocycles. The fourth-order valence-corrected chi connectivity index (χ4v) is 1.55. The first-order chi connectivity index (χ1) is 5.63. The number of methoxy groups -OCH3 is 1. The SMILES string of the molecule is COC(=O)NC1CC(C(C)C)C1. The second-order valence-corrected chi connectivity index (χ2v) is 3.81. The Hall–Kier alpha value is -0.730. The summed E-state index contributed by atoms with van der Waals surface area (Å²) >= 11 is 0. The third kappa shape index (κ3) is 2.13. The van der Waals surface area contributed by atoms with Crippen LogP contribution in [0.4, 0.5) is 4.79 Å². The second kappa shape index (κ2) is 3.78. The zero-order valence-corrected chi connectivity index (χ0v) is 7.96. The molecule has 1 amide bonds. The number of hydrogen-bond donors (Lipinski definition) is 1. The summed E-state index contributed by atoms with van der Waals surface area (Å²) in [5.74, 6) is 1.52. The van der Waals surface area contributed by atoms with Crippen LogP contribution < -0.4 is 5.32 Å². The van der Waals surface area contributed by atoms with Gasteiger partial charge in [0.2, 0.25) is 0 Å². The molecule has 1 fully saturated rings. The zero-order valence-electron chi connectivity index (χ0n) is 7.96. The minimum Gasteiger partial charge on any atom is -0.453 e. The highest BCUT2D eigenvalue weighted by Gasteiger charge is 2.32. The fraction of sp³-hybridized carbons (Fsp3) is 0.889. The summed E-state index contributed by atoms with van der Waals surface area (Å²) in [6.45, 7) is 4.44. The van der Waals surface area contributed by atoms with E-state index in [1.165, 1.54) is 7.11 Å². The Morgan fingerprint density at radius 3 is 2.50 bits per heavy atom. The number of ether oxygens (including phenoxy) is 1. The van der Waals surface area contributed by atoms with E-state index in [0.29, 0.717) is 6.04 Å². The van der Waals surface area contributed by atoms with E-state index in [4.69, 9.17) is 0 Å². The maximum atomic E-state index is 10.8. The molecule has 0 spiro atoms. The number of alkyl carbamates (subject to hydrolysis) is 1. The van der Waals surface area contributed by atoms with Gasteiger partial charge in [0.15, 0.2) is 0 Å². The van der Waals surface area contributed by atoms with Crippen LogP contribution in [0.2, 0.25) is 0 Å². The highest BCUT2D eigenvalue weighted by Crippen LogP contribution is 2.33. The quantitative estimate of drug-likeness (QED) is 0.687. The summed E-state index contributed by atoms with van der Waals surface area (Å²) in [4.78, 5) is 10.8. The largest absolute Gasteiger partial charge is 0.453 e. The number of amides is 1. The van der Waals surface area contributed by atoms with E-state index in [1.807, 2.05) is 0 Å². The molecule has 3 heteroatoms. The summed E-state index contributed by atoms with van der Waals surface area (Å²) in [6.07, 6.45) is 1.90. The number of nitrogens with one attached hydrogen (secondary N) is 1. The molecule has 3 nitrogen and oxygen atoms in total. The first-order valence-electron chi connectivity index (χ1n) is 4.48. The van der Waals surface area contributed by atoms with Crippen LogP contribution in [0.15, 0.2) is 0 Å². The fourth-order valence-electron chi connectivity index (χ4n) is 1.55. The maximum Gasteiger partial charge on any atom is 0.407 e. The molecule has 1 aliphatic carbocycles. The van der Waals surface area contributed by atoms with E-state index in [1.54, 1.807) is 0 Å². The summed E-state index contributed by atoms with van der Waals surface area (Å²) in [6, 6.07) is 0.352. The van der Waals surface area contributed by atoms with E-state index in [0.717, 1.165) is 24.7 Å². The van der Waals surface area contributed by atoms with Crippen molar-refractivity contribution >= 4 is 6.09 Å². The van der Waals surface area contributed by atoms with E-state index < -0.39 is 0 Å². The molecule has 0 aromatic rings. The molecule has 1 N–H and O–H groups in total. The Bertz CT molecular complexity index is 162. The first-order valence-corrected chi connectivity index (χ1v) is 4.48. The van der Waals surface area contributed by atoms with Crippen LogP contribution in [0.3, 0.4) is 0 Å². The van der Waals surface area contributed by atoms with Crippen LogP contribution in [0.1, 0.15) is 26.7 Å². The van der Waals surface area contributed by atoms with Gasteiger partial charge in [-0.3, -0.25) is 0 Å². The van der Waals surface area contributed by atoms with Gasteiger partial charge < -0.3 is 10.1 Å². The molecule has 1 aliphatic rings. The number of rotatable bonds is 2. The highest BCUT2D eigenvalue weighted by molar-refractivity contribution is 5.67. The van der Waals surface area contributed by atoms with Crippen molar-refractivity contribution in [2.24, 2.45) is 11.8 Å². The van der Waals surface area contributed by atoms with Crippen molar-refractivity contribution < 1.29 is 9.53 Å². The molecular formula is C9H17NO2. The Morgan fingerprint density at radius 1 is 1.50 bits per heavy atom. The second-order valence-electron chi connectivity index (χ2n) is 3.81. The molecule has 0 radical (unpaired) electrons. The van der Waals surface area contributed by atoms with Crippen molar-refractivity contribution in [3.8, 4) is 0 Å². The van der Waals surface area contributed by atoms with Crippen LogP contribution >= 0.6 is 0 Å². The Morgan fingerprint density at radius 2 is 2.08 bits per heavy atom. The van der Waals surface area contributed by atoms with Crippen molar-refractivity contribution in [2.45, 2.75) is 32.7 Å². The lowest BCUT2D eigenvalue weighted by Crippen LogP contribution is -2.45. The molecular weight excluding hydrogens is 154 g/mol. The predicted molar refractivity (Wildman–Crippen MR) is 46.9 cm³/mol. The molecule has 0 atom stereocenters. The van der Waals surface area contributed by atoms with Gasteiger partial charge in [-0.2, -0.15) is 0 Å². The molecule has 0 heterocycles. The van der Waals surface area contributed by atoms with Gasteiger partial charge in [0.1, 0.15) is 0 Å². The average Bonchev–Trinajstić information content (AvgIpc) is 1.94. The van der Waals surface area contributed by atoms with Crippen LogP contribution in [0.25, 0.3) is 0 Å². The third-order valence-corrected chi connectivity index (χ3v) is 2.62. The standard InChI is InChI=1S/C9H17NO2/c1-6(2)7-4-8(5-7)10-9(11)12-3/h6-8H,4-5H2,1-3H3,(H,10,11). The Labute approximate surface area is 73.5 Å². The lowest BCUT2D eigenvalue weighted by atomic mass is 9.74. The van der Waals surface area contributed by atoms with Gasteiger partial charge in [-0.05, 0) is 24.7 Å². The van der Waals surface area contributed by atoms with E-state index in [-0.39, 0.29) is 6.09 Å². The van der Waals surface area contributed by atoms with Crippen LogP contribution in [-0.2, 0) is 4.74 Å². The van der Waals surface area contributed by atoms with E-state index >= 15 is 0 Å². The molecule has 0 aromatic heterocycles.